The van der Waals surface area contributed by atoms with E-state index in [2.05, 4.69) is 23.9 Å². The summed E-state index contributed by atoms with van der Waals surface area (Å²) in [6, 6.07) is 12.8. The van der Waals surface area contributed by atoms with Gasteiger partial charge in [0.25, 0.3) is 5.91 Å². The highest BCUT2D eigenvalue weighted by atomic mass is 35.5. The second kappa shape index (κ2) is 10.4. The number of halogens is 1. The molecule has 0 radical (unpaired) electrons. The Bertz CT molecular complexity index is 1210. The number of hydrogen-bond acceptors (Lipinski definition) is 6. The molecular formula is C25H25ClN4O3S. The number of rotatable bonds is 8. The highest BCUT2D eigenvalue weighted by Crippen LogP contribution is 2.30. The van der Waals surface area contributed by atoms with Gasteiger partial charge in [0.1, 0.15) is 29.8 Å². The molecule has 34 heavy (non-hydrogen) atoms. The molecule has 2 aromatic carbocycles. The molecular weight excluding hydrogens is 472 g/mol. The fraction of sp³-hybridized carbons (Fsp3) is 0.280. The lowest BCUT2D eigenvalue weighted by Gasteiger charge is -2.20. The van der Waals surface area contributed by atoms with Crippen molar-refractivity contribution in [1.29, 1.82) is 5.41 Å². The van der Waals surface area contributed by atoms with Gasteiger partial charge in [-0.15, -0.1) is 0 Å². The van der Waals surface area contributed by atoms with E-state index in [4.69, 9.17) is 26.5 Å². The zero-order chi connectivity index (χ0) is 24.2. The van der Waals surface area contributed by atoms with Crippen LogP contribution >= 0.6 is 23.4 Å². The molecule has 2 aromatic rings. The molecule has 0 aliphatic carbocycles. The fourth-order valence-electron chi connectivity index (χ4n) is 3.32. The maximum atomic E-state index is 12.5. The Kier molecular flexibility index (Phi) is 7.38. The second-order valence-electron chi connectivity index (χ2n) is 8.29. The third-order valence-corrected chi connectivity index (χ3v) is 6.38. The number of hydrogen-bond donors (Lipinski definition) is 1. The van der Waals surface area contributed by atoms with Crippen molar-refractivity contribution < 1.29 is 14.3 Å². The van der Waals surface area contributed by atoms with Gasteiger partial charge < -0.3 is 9.47 Å². The van der Waals surface area contributed by atoms with E-state index in [0.717, 1.165) is 28.3 Å². The van der Waals surface area contributed by atoms with E-state index >= 15 is 0 Å². The fourth-order valence-corrected chi connectivity index (χ4v) is 4.53. The van der Waals surface area contributed by atoms with Crippen molar-refractivity contribution in [2.24, 2.45) is 16.0 Å². The van der Waals surface area contributed by atoms with Crippen molar-refractivity contribution in [3.8, 4) is 11.5 Å². The van der Waals surface area contributed by atoms with Crippen LogP contribution in [0.5, 0.6) is 11.5 Å². The third kappa shape index (κ3) is 5.69. The molecule has 1 amide bonds. The van der Waals surface area contributed by atoms with Crippen molar-refractivity contribution in [3.63, 3.8) is 0 Å². The number of benzene rings is 2. The van der Waals surface area contributed by atoms with Crippen LogP contribution in [0, 0.1) is 18.3 Å². The Morgan fingerprint density at radius 3 is 2.47 bits per heavy atom. The Morgan fingerprint density at radius 1 is 1.12 bits per heavy atom. The number of carbonyl (C=O) groups is 1. The molecule has 2 aliphatic heterocycles. The Hall–Kier alpha value is -3.10. The number of hydrazone groups is 1. The van der Waals surface area contributed by atoms with Gasteiger partial charge in [0, 0.05) is 11.4 Å². The topological polar surface area (TPSA) is 87.3 Å². The molecule has 4 rings (SSSR count). The number of fused-ring (bicyclic) bond motifs is 1. The highest BCUT2D eigenvalue weighted by molar-refractivity contribution is 8.26. The molecule has 7 nitrogen and oxygen atoms in total. The molecule has 0 bridgehead atoms. The number of aryl methyl sites for hydroxylation is 1. The van der Waals surface area contributed by atoms with Gasteiger partial charge in [0.2, 0.25) is 5.17 Å². The van der Waals surface area contributed by atoms with Crippen LogP contribution in [0.3, 0.4) is 0 Å². The van der Waals surface area contributed by atoms with Crippen LogP contribution in [0.4, 0.5) is 0 Å². The first-order valence-corrected chi connectivity index (χ1v) is 12.1. The molecule has 0 unspecified atom stereocenters. The summed E-state index contributed by atoms with van der Waals surface area (Å²) in [6.45, 7) is 6.91. The van der Waals surface area contributed by atoms with Crippen LogP contribution in [-0.2, 0) is 4.79 Å². The van der Waals surface area contributed by atoms with Gasteiger partial charge in [-0.2, -0.15) is 15.1 Å². The molecule has 0 spiro atoms. The summed E-state index contributed by atoms with van der Waals surface area (Å²) >= 11 is 7.38. The van der Waals surface area contributed by atoms with E-state index in [1.807, 2.05) is 49.4 Å². The van der Waals surface area contributed by atoms with Crippen LogP contribution in [0.15, 0.2) is 58.1 Å². The molecule has 0 saturated carbocycles. The highest BCUT2D eigenvalue weighted by Gasteiger charge is 2.35. The summed E-state index contributed by atoms with van der Waals surface area (Å²) < 4.78 is 11.4. The first-order valence-electron chi connectivity index (χ1n) is 10.9. The standard InChI is InChI=1S/C25H25ClN4O3S/c1-15(2)12-22-29-30-23(27)20(24(31)28-25(30)34-22)14-17-4-6-18(7-5-17)32-10-11-33-19-8-9-21(26)16(3)13-19/h4-9,13-15,27H,10-12H2,1-3H3. The first-order chi connectivity index (χ1) is 16.3. The maximum Gasteiger partial charge on any atom is 0.283 e. The van der Waals surface area contributed by atoms with Crippen molar-refractivity contribution in [2.45, 2.75) is 27.2 Å². The number of thioether (sulfide) groups is 1. The van der Waals surface area contributed by atoms with Crippen molar-refractivity contribution in [2.75, 3.05) is 13.2 Å². The van der Waals surface area contributed by atoms with Crippen LogP contribution in [0.2, 0.25) is 5.02 Å². The molecule has 0 fully saturated rings. The molecule has 0 aromatic heterocycles. The maximum absolute atomic E-state index is 12.5. The van der Waals surface area contributed by atoms with Crippen molar-refractivity contribution in [3.05, 3.63) is 64.2 Å². The molecule has 2 aliphatic rings. The SMILES string of the molecule is Cc1cc(OCCOc2ccc(C=C3C(=N)N4N=C(CC(C)C)SC4=NC3=O)cc2)ccc1Cl. The van der Waals surface area contributed by atoms with E-state index in [1.165, 1.54) is 16.8 Å². The van der Waals surface area contributed by atoms with Crippen LogP contribution in [0.1, 0.15) is 31.4 Å². The smallest absolute Gasteiger partial charge is 0.283 e. The van der Waals surface area contributed by atoms with Gasteiger partial charge in [-0.25, -0.2) is 0 Å². The molecule has 176 valence electrons. The summed E-state index contributed by atoms with van der Waals surface area (Å²) in [5.41, 5.74) is 1.94. The van der Waals surface area contributed by atoms with E-state index in [0.29, 0.717) is 35.1 Å². The lowest BCUT2D eigenvalue weighted by atomic mass is 10.1. The lowest BCUT2D eigenvalue weighted by molar-refractivity contribution is -0.114. The number of ether oxygens (including phenoxy) is 2. The van der Waals surface area contributed by atoms with Gasteiger partial charge >= 0.3 is 0 Å². The van der Waals surface area contributed by atoms with Crippen LogP contribution in [-0.4, -0.2) is 40.2 Å². The monoisotopic (exact) mass is 496 g/mol. The summed E-state index contributed by atoms with van der Waals surface area (Å²) in [5, 5.41) is 16.4. The predicted octanol–water partition coefficient (Wildman–Crippen LogP) is 5.77. The number of nitrogens with zero attached hydrogens (tertiary/aromatic N) is 3. The number of aliphatic imine (C=N–C) groups is 1. The number of amidine groups is 2. The van der Waals surface area contributed by atoms with E-state index in [9.17, 15) is 4.79 Å². The van der Waals surface area contributed by atoms with Gasteiger partial charge in [-0.3, -0.25) is 10.2 Å². The van der Waals surface area contributed by atoms with Crippen LogP contribution in [0.25, 0.3) is 6.08 Å². The third-order valence-electron chi connectivity index (χ3n) is 5.02. The average molecular weight is 497 g/mol. The predicted molar refractivity (Wildman–Crippen MR) is 138 cm³/mol. The minimum atomic E-state index is -0.431. The Morgan fingerprint density at radius 2 is 1.79 bits per heavy atom. The summed E-state index contributed by atoms with van der Waals surface area (Å²) in [4.78, 5) is 16.7. The quantitative estimate of drug-likeness (QED) is 0.370. The Balaban J connectivity index is 1.35. The normalized spacial score (nSPS) is 16.6. The summed E-state index contributed by atoms with van der Waals surface area (Å²) in [6.07, 6.45) is 2.44. The Labute approximate surface area is 208 Å². The number of carbonyl (C=O) groups excluding carboxylic acids is 1. The lowest BCUT2D eigenvalue weighted by Crippen LogP contribution is -2.35. The van der Waals surface area contributed by atoms with E-state index in [1.54, 1.807) is 6.08 Å². The first kappa shape index (κ1) is 24.0. The van der Waals surface area contributed by atoms with Gasteiger partial charge in [-0.1, -0.05) is 37.6 Å². The molecule has 0 saturated heterocycles. The number of nitrogens with one attached hydrogen (secondary N) is 1. The van der Waals surface area contributed by atoms with Gasteiger partial charge in [0.05, 0.1) is 5.57 Å². The second-order valence-corrected chi connectivity index (χ2v) is 9.74. The molecule has 2 heterocycles. The summed E-state index contributed by atoms with van der Waals surface area (Å²) in [5.74, 6) is 1.47. The largest absolute Gasteiger partial charge is 0.490 e. The molecule has 0 atom stereocenters. The zero-order valence-corrected chi connectivity index (χ0v) is 20.7. The average Bonchev–Trinajstić information content (AvgIpc) is 3.19. The van der Waals surface area contributed by atoms with Crippen LogP contribution < -0.4 is 9.47 Å². The minimum Gasteiger partial charge on any atom is -0.490 e. The van der Waals surface area contributed by atoms with Crippen molar-refractivity contribution in [1.82, 2.24) is 5.01 Å². The zero-order valence-electron chi connectivity index (χ0n) is 19.2. The minimum absolute atomic E-state index is 0.0381. The summed E-state index contributed by atoms with van der Waals surface area (Å²) in [7, 11) is 0. The van der Waals surface area contributed by atoms with Gasteiger partial charge in [-0.05, 0) is 72.1 Å². The molecule has 9 heteroatoms. The van der Waals surface area contributed by atoms with E-state index in [-0.39, 0.29) is 11.4 Å². The van der Waals surface area contributed by atoms with Crippen molar-refractivity contribution >= 4 is 51.4 Å². The van der Waals surface area contributed by atoms with Gasteiger partial charge in [0.15, 0.2) is 5.84 Å². The molecule has 1 N–H and O–H groups in total. The van der Waals surface area contributed by atoms with E-state index < -0.39 is 5.91 Å². The number of amides is 1.